The van der Waals surface area contributed by atoms with E-state index in [2.05, 4.69) is 9.97 Å². The summed E-state index contributed by atoms with van der Waals surface area (Å²) in [6.07, 6.45) is 8.93. The van der Waals surface area contributed by atoms with Crippen LogP contribution in [0.25, 0.3) is 0 Å². The smallest absolute Gasteiger partial charge is 0.199 e. The second-order valence-electron chi connectivity index (χ2n) is 2.37. The lowest BCUT2D eigenvalue weighted by Gasteiger charge is -2.10. The Hall–Kier alpha value is -1.62. The predicted molar refractivity (Wildman–Crippen MR) is 41.0 cm³/mol. The van der Waals surface area contributed by atoms with E-state index in [1.165, 1.54) is 0 Å². The minimum absolute atomic E-state index is 0.755. The molecule has 60 valence electrons. The summed E-state index contributed by atoms with van der Waals surface area (Å²) in [5, 5.41) is 0. The molecule has 0 saturated carbocycles. The molecule has 2 rings (SSSR count). The third-order valence-corrected chi connectivity index (χ3v) is 1.58. The summed E-state index contributed by atoms with van der Waals surface area (Å²) in [5.74, 6) is 0. The Morgan fingerprint density at radius 2 is 1.50 bits per heavy atom. The van der Waals surface area contributed by atoms with Crippen molar-refractivity contribution < 1.29 is 0 Å². The van der Waals surface area contributed by atoms with Crippen molar-refractivity contribution >= 4 is 0 Å². The quantitative estimate of drug-likeness (QED) is 0.629. The van der Waals surface area contributed by atoms with Gasteiger partial charge < -0.3 is 9.13 Å². The van der Waals surface area contributed by atoms with Crippen molar-refractivity contribution in [1.29, 1.82) is 0 Å². The summed E-state index contributed by atoms with van der Waals surface area (Å²) in [6.45, 7) is 0. The van der Waals surface area contributed by atoms with Crippen molar-refractivity contribution in [1.82, 2.24) is 24.8 Å². The van der Waals surface area contributed by atoms with Gasteiger partial charge in [-0.05, 0) is 0 Å². The fourth-order valence-corrected chi connectivity index (χ4v) is 0.966. The lowest BCUT2D eigenvalue weighted by Crippen LogP contribution is -2.16. The van der Waals surface area contributed by atoms with Gasteiger partial charge in [0.15, 0.2) is 6.29 Å². The van der Waals surface area contributed by atoms with Crippen LogP contribution in [0.4, 0.5) is 0 Å². The molecule has 0 N–H and O–H groups in total. The third-order valence-electron chi connectivity index (χ3n) is 1.58. The Morgan fingerprint density at radius 3 is 1.83 bits per heavy atom. The minimum Gasteiger partial charge on any atom is -0.301 e. The van der Waals surface area contributed by atoms with Gasteiger partial charge in [-0.15, -0.1) is 0 Å². The van der Waals surface area contributed by atoms with Gasteiger partial charge >= 0.3 is 0 Å². The molecule has 2 aromatic heterocycles. The van der Waals surface area contributed by atoms with Gasteiger partial charge in [0.25, 0.3) is 0 Å². The van der Waals surface area contributed by atoms with Crippen LogP contribution in [0.2, 0.25) is 0 Å². The molecule has 12 heavy (non-hydrogen) atoms. The number of hydrogen-bond acceptors (Lipinski definition) is 2. The van der Waals surface area contributed by atoms with E-state index in [9.17, 15) is 5.73 Å². The summed E-state index contributed by atoms with van der Waals surface area (Å²) in [4.78, 5) is 7.64. The van der Waals surface area contributed by atoms with Crippen molar-refractivity contribution in [3.63, 3.8) is 0 Å². The van der Waals surface area contributed by atoms with Crippen LogP contribution in [0.1, 0.15) is 6.29 Å². The minimum atomic E-state index is -0.755. The topological polar surface area (TPSA) is 57.9 Å². The van der Waals surface area contributed by atoms with Gasteiger partial charge in [0.2, 0.25) is 0 Å². The van der Waals surface area contributed by atoms with E-state index < -0.39 is 6.29 Å². The number of nitrogens with zero attached hydrogens (tertiary/aromatic N) is 5. The second-order valence-corrected chi connectivity index (χ2v) is 2.37. The Bertz CT molecular complexity index is 288. The van der Waals surface area contributed by atoms with Crippen LogP contribution in [0, 0.1) is 0 Å². The van der Waals surface area contributed by atoms with E-state index in [4.69, 9.17) is 0 Å². The van der Waals surface area contributed by atoms with E-state index in [1.54, 1.807) is 46.6 Å². The Morgan fingerprint density at radius 1 is 1.00 bits per heavy atom. The maximum absolute atomic E-state index is 9.62. The highest BCUT2D eigenvalue weighted by Gasteiger charge is 2.05. The molecule has 2 aromatic rings. The van der Waals surface area contributed by atoms with Crippen molar-refractivity contribution in [2.24, 2.45) is 0 Å². The summed E-state index contributed by atoms with van der Waals surface area (Å²) < 4.78 is 3.14. The standard InChI is InChI=1S/C7H7N5/c8-7(11-3-1-9-5-11)12-4-2-10-6-12/h1-7H. The highest BCUT2D eigenvalue weighted by atomic mass is 15.3. The molecular weight excluding hydrogens is 154 g/mol. The molecule has 0 aliphatic heterocycles. The zero-order valence-corrected chi connectivity index (χ0v) is 6.28. The van der Waals surface area contributed by atoms with Gasteiger partial charge in [0.05, 0.1) is 12.7 Å². The normalized spacial score (nSPS) is 10.8. The highest BCUT2D eigenvalue weighted by Crippen LogP contribution is 2.02. The maximum atomic E-state index is 9.62. The molecule has 0 spiro atoms. The summed E-state index contributed by atoms with van der Waals surface area (Å²) in [6, 6.07) is 0. The van der Waals surface area contributed by atoms with Crippen molar-refractivity contribution in [2.75, 3.05) is 0 Å². The molecule has 0 unspecified atom stereocenters. The predicted octanol–water partition coefficient (Wildman–Crippen LogP) is 0.153. The van der Waals surface area contributed by atoms with E-state index in [-0.39, 0.29) is 0 Å². The second kappa shape index (κ2) is 2.78. The first kappa shape index (κ1) is 7.05. The highest BCUT2D eigenvalue weighted by molar-refractivity contribution is 4.83. The number of hydrogen-bond donors (Lipinski definition) is 0. The first-order chi connectivity index (χ1) is 5.88. The molecule has 0 atom stereocenters. The molecule has 5 heteroatoms. The van der Waals surface area contributed by atoms with Gasteiger partial charge in [0, 0.05) is 24.8 Å². The largest absolute Gasteiger partial charge is 0.301 e. The van der Waals surface area contributed by atoms with Crippen molar-refractivity contribution in [2.45, 2.75) is 6.29 Å². The number of aromatic nitrogens is 4. The summed E-state index contributed by atoms with van der Waals surface area (Å²) in [7, 11) is 0. The van der Waals surface area contributed by atoms with Gasteiger partial charge in [-0.25, -0.2) is 9.97 Å². The van der Waals surface area contributed by atoms with Crippen molar-refractivity contribution in [3.8, 4) is 0 Å². The van der Waals surface area contributed by atoms with Gasteiger partial charge in [-0.2, -0.15) is 0 Å². The first-order valence-electron chi connectivity index (χ1n) is 3.51. The zero-order valence-electron chi connectivity index (χ0n) is 6.28. The van der Waals surface area contributed by atoms with Gasteiger partial charge in [0.1, 0.15) is 0 Å². The summed E-state index contributed by atoms with van der Waals surface area (Å²) in [5.41, 5.74) is 9.62. The van der Waals surface area contributed by atoms with E-state index in [0.29, 0.717) is 0 Å². The monoisotopic (exact) mass is 161 g/mol. The first-order valence-corrected chi connectivity index (χ1v) is 3.51. The zero-order chi connectivity index (χ0) is 8.39. The van der Waals surface area contributed by atoms with Crippen LogP contribution in [0.15, 0.2) is 37.4 Å². The lowest BCUT2D eigenvalue weighted by atomic mass is 10.7. The van der Waals surface area contributed by atoms with Crippen LogP contribution in [0.3, 0.4) is 0 Å². The average Bonchev–Trinajstić information content (AvgIpc) is 2.77. The molecule has 2 heterocycles. The SMILES string of the molecule is [N]C(n1ccnc1)n1ccnc1. The van der Waals surface area contributed by atoms with Gasteiger partial charge in [-0.1, -0.05) is 5.73 Å². The molecule has 0 fully saturated rings. The van der Waals surface area contributed by atoms with Crippen LogP contribution in [0.5, 0.6) is 0 Å². The fraction of sp³-hybridized carbons (Fsp3) is 0.143. The van der Waals surface area contributed by atoms with Crippen LogP contribution in [-0.2, 0) is 0 Å². The molecule has 5 nitrogen and oxygen atoms in total. The molecule has 0 aliphatic rings. The van der Waals surface area contributed by atoms with E-state index in [0.717, 1.165) is 0 Å². The van der Waals surface area contributed by atoms with E-state index >= 15 is 0 Å². The molecule has 0 aliphatic carbocycles. The van der Waals surface area contributed by atoms with Crippen LogP contribution < -0.4 is 5.73 Å². The maximum Gasteiger partial charge on any atom is 0.199 e. The molecule has 0 bridgehead atoms. The molecule has 2 radical (unpaired) electrons. The fourth-order valence-electron chi connectivity index (χ4n) is 0.966. The van der Waals surface area contributed by atoms with Crippen molar-refractivity contribution in [3.05, 3.63) is 37.4 Å². The number of imidazole rings is 2. The van der Waals surface area contributed by atoms with Gasteiger partial charge in [-0.3, -0.25) is 0 Å². The number of rotatable bonds is 2. The Kier molecular flexibility index (Phi) is 1.64. The molecule has 0 saturated heterocycles. The molecule has 0 amide bonds. The molecule has 0 aromatic carbocycles. The summed E-state index contributed by atoms with van der Waals surface area (Å²) >= 11 is 0. The van der Waals surface area contributed by atoms with E-state index in [1.807, 2.05) is 0 Å². The van der Waals surface area contributed by atoms with Crippen LogP contribution >= 0.6 is 0 Å². The molecular formula is C7H7N5. The Labute approximate surface area is 69.5 Å². The lowest BCUT2D eigenvalue weighted by molar-refractivity contribution is 0.431. The van der Waals surface area contributed by atoms with Crippen LogP contribution in [-0.4, -0.2) is 19.1 Å². The Balaban J connectivity index is 2.27. The third kappa shape index (κ3) is 1.10. The average molecular weight is 161 g/mol.